The normalized spacial score (nSPS) is 11.6. The lowest BCUT2D eigenvalue weighted by Crippen LogP contribution is -2.43. The third kappa shape index (κ3) is 5.40. The minimum Gasteiger partial charge on any atom is -0.337 e. The van der Waals surface area contributed by atoms with Crippen LogP contribution in [0.15, 0.2) is 61.2 Å². The Kier molecular flexibility index (Phi) is 6.74. The Morgan fingerprint density at radius 3 is 2.43 bits per heavy atom. The van der Waals surface area contributed by atoms with E-state index in [2.05, 4.69) is 20.7 Å². The van der Waals surface area contributed by atoms with E-state index in [-0.39, 0.29) is 30.9 Å². The summed E-state index contributed by atoms with van der Waals surface area (Å²) < 4.78 is 14.5. The first-order valence-corrected chi connectivity index (χ1v) is 9.41. The van der Waals surface area contributed by atoms with Gasteiger partial charge >= 0.3 is 6.03 Å². The van der Waals surface area contributed by atoms with Gasteiger partial charge in [-0.05, 0) is 42.3 Å². The number of hydrogen-bond acceptors (Lipinski definition) is 4. The Labute approximate surface area is 173 Å². The van der Waals surface area contributed by atoms with E-state index >= 15 is 0 Å². The summed E-state index contributed by atoms with van der Waals surface area (Å²) in [5.41, 5.74) is 2.59. The van der Waals surface area contributed by atoms with Gasteiger partial charge in [-0.2, -0.15) is 5.10 Å². The van der Waals surface area contributed by atoms with Crippen molar-refractivity contribution in [3.05, 3.63) is 78.1 Å². The summed E-state index contributed by atoms with van der Waals surface area (Å²) in [5, 5.41) is 9.26. The molecule has 1 atom stereocenters. The van der Waals surface area contributed by atoms with Crippen LogP contribution in [0.1, 0.15) is 24.1 Å². The number of amides is 3. The van der Waals surface area contributed by atoms with E-state index in [0.29, 0.717) is 0 Å². The van der Waals surface area contributed by atoms with E-state index in [1.807, 2.05) is 31.2 Å². The molecular formula is C21H23FN6O2. The number of likely N-dealkylation sites (N-methyl/N-ethyl adjacent to an activating group) is 1. The fourth-order valence-corrected chi connectivity index (χ4v) is 2.81. The molecule has 0 radical (unpaired) electrons. The number of benzene rings is 2. The van der Waals surface area contributed by atoms with Crippen molar-refractivity contribution >= 4 is 11.9 Å². The molecule has 2 N–H and O–H groups in total. The van der Waals surface area contributed by atoms with Crippen LogP contribution >= 0.6 is 0 Å². The maximum Gasteiger partial charge on any atom is 0.315 e. The molecule has 0 aliphatic carbocycles. The van der Waals surface area contributed by atoms with Crippen molar-refractivity contribution in [2.24, 2.45) is 0 Å². The predicted molar refractivity (Wildman–Crippen MR) is 109 cm³/mol. The van der Waals surface area contributed by atoms with Crippen LogP contribution in [-0.4, -0.2) is 45.2 Å². The van der Waals surface area contributed by atoms with Gasteiger partial charge in [-0.3, -0.25) is 4.79 Å². The van der Waals surface area contributed by atoms with Crippen LogP contribution in [0.3, 0.4) is 0 Å². The number of urea groups is 1. The van der Waals surface area contributed by atoms with Crippen LogP contribution in [0.25, 0.3) is 5.69 Å². The standard InChI is InChI=1S/C21H23FN6O2/c1-15(17-5-9-19(10-6-17)28-14-23-13-26-28)27(2)20(29)12-25-21(30)24-11-16-3-7-18(22)8-4-16/h3-10,13-15H,11-12H2,1-2H3,(H2,24,25,30). The first-order valence-electron chi connectivity index (χ1n) is 9.41. The van der Waals surface area contributed by atoms with Gasteiger partial charge in [-0.25, -0.2) is 18.9 Å². The fourth-order valence-electron chi connectivity index (χ4n) is 2.81. The Balaban J connectivity index is 1.47. The van der Waals surface area contributed by atoms with Crippen LogP contribution < -0.4 is 10.6 Å². The molecule has 0 saturated heterocycles. The molecule has 1 heterocycles. The molecule has 156 valence electrons. The van der Waals surface area contributed by atoms with Crippen LogP contribution in [0, 0.1) is 5.82 Å². The van der Waals surface area contributed by atoms with E-state index in [1.54, 1.807) is 35.1 Å². The number of carbonyl (C=O) groups is 2. The molecule has 2 aromatic carbocycles. The molecule has 0 spiro atoms. The minimum absolute atomic E-state index is 0.132. The first-order chi connectivity index (χ1) is 14.4. The Bertz CT molecular complexity index is 974. The van der Waals surface area contributed by atoms with Gasteiger partial charge in [0.25, 0.3) is 0 Å². The summed E-state index contributed by atoms with van der Waals surface area (Å²) in [5.74, 6) is -0.557. The number of nitrogens with one attached hydrogen (secondary N) is 2. The monoisotopic (exact) mass is 410 g/mol. The van der Waals surface area contributed by atoms with Gasteiger partial charge in [-0.15, -0.1) is 0 Å². The van der Waals surface area contributed by atoms with Crippen molar-refractivity contribution in [2.75, 3.05) is 13.6 Å². The number of nitrogens with zero attached hydrogens (tertiary/aromatic N) is 4. The molecule has 0 aliphatic rings. The highest BCUT2D eigenvalue weighted by Crippen LogP contribution is 2.20. The first kappa shape index (κ1) is 21.0. The second-order valence-corrected chi connectivity index (χ2v) is 6.77. The highest BCUT2D eigenvalue weighted by molar-refractivity contribution is 5.84. The molecule has 30 heavy (non-hydrogen) atoms. The van der Waals surface area contributed by atoms with Crippen molar-refractivity contribution in [3.8, 4) is 5.69 Å². The van der Waals surface area contributed by atoms with Gasteiger partial charge in [-0.1, -0.05) is 24.3 Å². The maximum absolute atomic E-state index is 12.9. The number of halogens is 1. The topological polar surface area (TPSA) is 92.2 Å². The summed E-state index contributed by atoms with van der Waals surface area (Å²) in [4.78, 5) is 29.9. The van der Waals surface area contributed by atoms with Crippen molar-refractivity contribution < 1.29 is 14.0 Å². The lowest BCUT2D eigenvalue weighted by atomic mass is 10.1. The third-order valence-corrected chi connectivity index (χ3v) is 4.80. The zero-order chi connectivity index (χ0) is 21.5. The predicted octanol–water partition coefficient (Wildman–Crippen LogP) is 2.43. The van der Waals surface area contributed by atoms with Gasteiger partial charge < -0.3 is 15.5 Å². The summed E-state index contributed by atoms with van der Waals surface area (Å²) >= 11 is 0. The van der Waals surface area contributed by atoms with E-state index < -0.39 is 6.03 Å². The Morgan fingerprint density at radius 1 is 1.10 bits per heavy atom. The van der Waals surface area contributed by atoms with Gasteiger partial charge in [0.15, 0.2) is 0 Å². The second-order valence-electron chi connectivity index (χ2n) is 6.77. The molecule has 1 unspecified atom stereocenters. The van der Waals surface area contributed by atoms with Crippen molar-refractivity contribution in [3.63, 3.8) is 0 Å². The highest BCUT2D eigenvalue weighted by Gasteiger charge is 2.18. The highest BCUT2D eigenvalue weighted by atomic mass is 19.1. The average molecular weight is 410 g/mol. The quantitative estimate of drug-likeness (QED) is 0.626. The smallest absolute Gasteiger partial charge is 0.315 e. The van der Waals surface area contributed by atoms with Crippen molar-refractivity contribution in [1.82, 2.24) is 30.3 Å². The SMILES string of the molecule is CC(c1ccc(-n2cncn2)cc1)N(C)C(=O)CNC(=O)NCc1ccc(F)cc1. The summed E-state index contributed by atoms with van der Waals surface area (Å²) in [7, 11) is 1.69. The van der Waals surface area contributed by atoms with Crippen LogP contribution in [0.5, 0.6) is 0 Å². The van der Waals surface area contributed by atoms with Gasteiger partial charge in [0.2, 0.25) is 5.91 Å². The van der Waals surface area contributed by atoms with E-state index in [9.17, 15) is 14.0 Å². The van der Waals surface area contributed by atoms with Gasteiger partial charge in [0, 0.05) is 13.6 Å². The largest absolute Gasteiger partial charge is 0.337 e. The van der Waals surface area contributed by atoms with Crippen molar-refractivity contribution in [1.29, 1.82) is 0 Å². The minimum atomic E-state index is -0.467. The molecule has 8 nitrogen and oxygen atoms in total. The fraction of sp³-hybridized carbons (Fsp3) is 0.238. The molecule has 0 fully saturated rings. The lowest BCUT2D eigenvalue weighted by molar-refractivity contribution is -0.130. The molecule has 9 heteroatoms. The average Bonchev–Trinajstić information content (AvgIpc) is 3.31. The number of hydrogen-bond donors (Lipinski definition) is 2. The van der Waals surface area contributed by atoms with E-state index in [1.165, 1.54) is 18.5 Å². The van der Waals surface area contributed by atoms with Crippen LogP contribution in [0.2, 0.25) is 0 Å². The molecule has 3 aromatic rings. The Morgan fingerprint density at radius 2 is 1.80 bits per heavy atom. The molecule has 0 aliphatic heterocycles. The summed E-state index contributed by atoms with van der Waals surface area (Å²) in [6.45, 7) is 2.02. The molecule has 1 aromatic heterocycles. The molecule has 0 bridgehead atoms. The van der Waals surface area contributed by atoms with Crippen LogP contribution in [-0.2, 0) is 11.3 Å². The molecule has 3 amide bonds. The van der Waals surface area contributed by atoms with E-state index in [4.69, 9.17) is 0 Å². The Hall–Kier alpha value is -3.75. The summed E-state index contributed by atoms with van der Waals surface area (Å²) in [6, 6.07) is 12.8. The molecular weight excluding hydrogens is 387 g/mol. The second kappa shape index (κ2) is 9.64. The number of rotatable bonds is 7. The lowest BCUT2D eigenvalue weighted by Gasteiger charge is -2.25. The molecule has 3 rings (SSSR count). The zero-order valence-corrected chi connectivity index (χ0v) is 16.7. The maximum atomic E-state index is 12.9. The zero-order valence-electron chi connectivity index (χ0n) is 16.7. The van der Waals surface area contributed by atoms with Gasteiger partial charge in [0.05, 0.1) is 18.3 Å². The number of carbonyl (C=O) groups excluding carboxylic acids is 2. The number of aromatic nitrogens is 3. The van der Waals surface area contributed by atoms with Gasteiger partial charge in [0.1, 0.15) is 18.5 Å². The third-order valence-electron chi connectivity index (χ3n) is 4.80. The van der Waals surface area contributed by atoms with Crippen LogP contribution in [0.4, 0.5) is 9.18 Å². The van der Waals surface area contributed by atoms with Crippen molar-refractivity contribution in [2.45, 2.75) is 19.5 Å². The summed E-state index contributed by atoms with van der Waals surface area (Å²) in [6.07, 6.45) is 3.08. The molecule has 0 saturated carbocycles. The van der Waals surface area contributed by atoms with E-state index in [0.717, 1.165) is 16.8 Å².